The molecule has 0 aliphatic carbocycles. The molecule has 0 atom stereocenters. The van der Waals surface area contributed by atoms with Crippen LogP contribution in [-0.4, -0.2) is 41.0 Å². The first kappa shape index (κ1) is 19.5. The third-order valence-corrected chi connectivity index (χ3v) is 5.79. The van der Waals surface area contributed by atoms with Crippen LogP contribution in [0.3, 0.4) is 0 Å². The first-order chi connectivity index (χ1) is 11.8. The van der Waals surface area contributed by atoms with Crippen LogP contribution in [0.15, 0.2) is 40.4 Å². The molecular formula is C16H21N3O4S2. The van der Waals surface area contributed by atoms with Gasteiger partial charge in [-0.1, -0.05) is 30.0 Å². The fraction of sp³-hybridized carbons (Fsp3) is 0.438. The average molecular weight is 383 g/mol. The number of sulfone groups is 1. The Morgan fingerprint density at radius 1 is 1.24 bits per heavy atom. The van der Waals surface area contributed by atoms with Crippen LogP contribution in [0.1, 0.15) is 26.6 Å². The van der Waals surface area contributed by atoms with Gasteiger partial charge in [-0.05, 0) is 32.9 Å². The van der Waals surface area contributed by atoms with Gasteiger partial charge in [-0.3, -0.25) is 4.79 Å². The Labute approximate surface area is 151 Å². The van der Waals surface area contributed by atoms with Gasteiger partial charge in [0.1, 0.15) is 11.6 Å². The van der Waals surface area contributed by atoms with Crippen molar-refractivity contribution in [2.24, 2.45) is 0 Å². The van der Waals surface area contributed by atoms with E-state index in [-0.39, 0.29) is 28.5 Å². The topological polar surface area (TPSA) is 91.1 Å². The number of carbonyl (C=O) groups is 1. The quantitative estimate of drug-likeness (QED) is 0.510. The van der Waals surface area contributed by atoms with Crippen LogP contribution in [0, 0.1) is 0 Å². The number of thioether (sulfide) groups is 1. The van der Waals surface area contributed by atoms with E-state index in [0.717, 1.165) is 0 Å². The molecule has 9 heteroatoms. The number of carbonyl (C=O) groups excluding carboxylic acids is 1. The molecule has 1 heterocycles. The number of nitrogens with zero attached hydrogens (tertiary/aromatic N) is 3. The minimum atomic E-state index is -3.50. The van der Waals surface area contributed by atoms with E-state index >= 15 is 0 Å². The van der Waals surface area contributed by atoms with Crippen LogP contribution >= 0.6 is 11.8 Å². The fourth-order valence-corrected chi connectivity index (χ4v) is 4.25. The van der Waals surface area contributed by atoms with Crippen molar-refractivity contribution in [3.63, 3.8) is 0 Å². The summed E-state index contributed by atoms with van der Waals surface area (Å²) in [6.45, 7) is 5.94. The molecule has 0 amide bonds. The average Bonchev–Trinajstić information content (AvgIpc) is 2.94. The second-order valence-electron chi connectivity index (χ2n) is 5.54. The molecule has 0 saturated heterocycles. The molecule has 1 aromatic carbocycles. The standard InChI is InChI=1S/C16H21N3O4S2/c1-4-19-14(11-25(21,22)13-8-6-5-7-9-13)17-18-16(19)24-10-15(20)23-12(2)3/h5-9,12H,4,10-11H2,1-3H3. The van der Waals surface area contributed by atoms with Crippen LogP contribution in [0.2, 0.25) is 0 Å². The van der Waals surface area contributed by atoms with E-state index in [1.54, 1.807) is 48.7 Å². The van der Waals surface area contributed by atoms with Crippen molar-refractivity contribution in [3.05, 3.63) is 36.2 Å². The van der Waals surface area contributed by atoms with Gasteiger partial charge in [0.15, 0.2) is 15.0 Å². The fourth-order valence-electron chi connectivity index (χ4n) is 2.15. The molecule has 25 heavy (non-hydrogen) atoms. The van der Waals surface area contributed by atoms with Crippen molar-refractivity contribution < 1.29 is 17.9 Å². The van der Waals surface area contributed by atoms with Crippen molar-refractivity contribution in [1.29, 1.82) is 0 Å². The molecule has 0 fully saturated rings. The molecule has 0 bridgehead atoms. The summed E-state index contributed by atoms with van der Waals surface area (Å²) in [5.74, 6) is -0.133. The van der Waals surface area contributed by atoms with E-state index in [0.29, 0.717) is 17.5 Å². The van der Waals surface area contributed by atoms with Crippen molar-refractivity contribution in [2.45, 2.75) is 49.2 Å². The maximum absolute atomic E-state index is 12.5. The largest absolute Gasteiger partial charge is 0.462 e. The predicted octanol–water partition coefficient (Wildman–Crippen LogP) is 2.32. The van der Waals surface area contributed by atoms with Gasteiger partial charge in [0.25, 0.3) is 0 Å². The molecule has 0 aliphatic rings. The number of ether oxygens (including phenoxy) is 1. The molecule has 7 nitrogen and oxygen atoms in total. The van der Waals surface area contributed by atoms with Crippen molar-refractivity contribution in [3.8, 4) is 0 Å². The van der Waals surface area contributed by atoms with Gasteiger partial charge in [-0.25, -0.2) is 8.42 Å². The second-order valence-corrected chi connectivity index (χ2v) is 8.47. The van der Waals surface area contributed by atoms with E-state index in [2.05, 4.69) is 10.2 Å². The lowest BCUT2D eigenvalue weighted by molar-refractivity contribution is -0.144. The monoisotopic (exact) mass is 383 g/mol. The van der Waals surface area contributed by atoms with E-state index in [9.17, 15) is 13.2 Å². The number of rotatable bonds is 8. The zero-order valence-corrected chi connectivity index (χ0v) is 16.0. The van der Waals surface area contributed by atoms with Gasteiger partial charge in [-0.2, -0.15) is 0 Å². The summed E-state index contributed by atoms with van der Waals surface area (Å²) in [5.41, 5.74) is 0. The van der Waals surface area contributed by atoms with E-state index in [1.807, 2.05) is 6.92 Å². The lowest BCUT2D eigenvalue weighted by Gasteiger charge is -2.09. The van der Waals surface area contributed by atoms with Crippen LogP contribution in [-0.2, 0) is 31.7 Å². The van der Waals surface area contributed by atoms with Crippen molar-refractivity contribution in [1.82, 2.24) is 14.8 Å². The van der Waals surface area contributed by atoms with Gasteiger partial charge in [0.2, 0.25) is 0 Å². The maximum Gasteiger partial charge on any atom is 0.316 e. The number of hydrogen-bond donors (Lipinski definition) is 0. The molecule has 2 aromatic rings. The summed E-state index contributed by atoms with van der Waals surface area (Å²) in [6.07, 6.45) is -0.177. The number of esters is 1. The highest BCUT2D eigenvalue weighted by atomic mass is 32.2. The summed E-state index contributed by atoms with van der Waals surface area (Å²) < 4.78 is 31.8. The second kappa shape index (κ2) is 8.48. The highest BCUT2D eigenvalue weighted by molar-refractivity contribution is 7.99. The normalized spacial score (nSPS) is 11.7. The summed E-state index contributed by atoms with van der Waals surface area (Å²) in [6, 6.07) is 8.23. The highest BCUT2D eigenvalue weighted by Gasteiger charge is 2.21. The van der Waals surface area contributed by atoms with Gasteiger partial charge < -0.3 is 9.30 Å². The predicted molar refractivity (Wildman–Crippen MR) is 95.0 cm³/mol. The lowest BCUT2D eigenvalue weighted by Crippen LogP contribution is -2.14. The van der Waals surface area contributed by atoms with Gasteiger partial charge in [-0.15, -0.1) is 10.2 Å². The smallest absolute Gasteiger partial charge is 0.316 e. The molecule has 1 aromatic heterocycles. The number of hydrogen-bond acceptors (Lipinski definition) is 7. The Hall–Kier alpha value is -1.87. The third kappa shape index (κ3) is 5.30. The molecule has 0 N–H and O–H groups in total. The summed E-state index contributed by atoms with van der Waals surface area (Å²) in [4.78, 5) is 11.9. The Kier molecular flexibility index (Phi) is 6.60. The van der Waals surface area contributed by atoms with E-state index in [1.165, 1.54) is 11.8 Å². The minimum absolute atomic E-state index is 0.0990. The Morgan fingerprint density at radius 3 is 2.52 bits per heavy atom. The Balaban J connectivity index is 2.13. The number of benzene rings is 1. The summed E-state index contributed by atoms with van der Waals surface area (Å²) >= 11 is 1.18. The first-order valence-corrected chi connectivity index (χ1v) is 10.5. The summed E-state index contributed by atoms with van der Waals surface area (Å²) in [5, 5.41) is 8.52. The molecule has 0 aliphatic heterocycles. The van der Waals surface area contributed by atoms with Crippen LogP contribution < -0.4 is 0 Å². The van der Waals surface area contributed by atoms with Gasteiger partial charge in [0.05, 0.1) is 16.8 Å². The SMILES string of the molecule is CCn1c(CS(=O)(=O)c2ccccc2)nnc1SCC(=O)OC(C)C. The molecular weight excluding hydrogens is 362 g/mol. The molecule has 0 radical (unpaired) electrons. The molecule has 0 unspecified atom stereocenters. The van der Waals surface area contributed by atoms with Crippen LogP contribution in [0.25, 0.3) is 0 Å². The molecule has 2 rings (SSSR count). The minimum Gasteiger partial charge on any atom is -0.462 e. The van der Waals surface area contributed by atoms with Crippen molar-refractivity contribution >= 4 is 27.6 Å². The van der Waals surface area contributed by atoms with E-state index in [4.69, 9.17) is 4.74 Å². The summed E-state index contributed by atoms with van der Waals surface area (Å²) in [7, 11) is -3.50. The Bertz CT molecular complexity index is 817. The Morgan fingerprint density at radius 2 is 1.92 bits per heavy atom. The first-order valence-electron chi connectivity index (χ1n) is 7.85. The van der Waals surface area contributed by atoms with Crippen molar-refractivity contribution in [2.75, 3.05) is 5.75 Å². The highest BCUT2D eigenvalue weighted by Crippen LogP contribution is 2.21. The maximum atomic E-state index is 12.5. The lowest BCUT2D eigenvalue weighted by atomic mass is 10.4. The molecule has 0 saturated carbocycles. The van der Waals surface area contributed by atoms with Gasteiger partial charge >= 0.3 is 5.97 Å². The van der Waals surface area contributed by atoms with Crippen LogP contribution in [0.5, 0.6) is 0 Å². The van der Waals surface area contributed by atoms with E-state index < -0.39 is 9.84 Å². The van der Waals surface area contributed by atoms with Crippen LogP contribution in [0.4, 0.5) is 0 Å². The molecule has 0 spiro atoms. The van der Waals surface area contributed by atoms with Gasteiger partial charge in [0, 0.05) is 6.54 Å². The molecule has 136 valence electrons. The third-order valence-electron chi connectivity index (χ3n) is 3.22. The zero-order valence-electron chi connectivity index (χ0n) is 14.4. The number of aromatic nitrogens is 3. The zero-order chi connectivity index (χ0) is 18.4.